The number of nitro benzene ring substituents is 1. The van der Waals surface area contributed by atoms with Crippen molar-refractivity contribution in [2.75, 3.05) is 19.7 Å². The van der Waals surface area contributed by atoms with Crippen molar-refractivity contribution in [3.63, 3.8) is 0 Å². The van der Waals surface area contributed by atoms with E-state index in [9.17, 15) is 14.9 Å². The zero-order chi connectivity index (χ0) is 14.5. The van der Waals surface area contributed by atoms with Crippen LogP contribution in [0.4, 0.5) is 5.69 Å². The average Bonchev–Trinajstić information content (AvgIpc) is 2.94. The molecule has 1 N–H and O–H groups in total. The Hall–Kier alpha value is -2.21. The van der Waals surface area contributed by atoms with Gasteiger partial charge in [-0.1, -0.05) is 0 Å². The second kappa shape index (κ2) is 6.29. The Morgan fingerprint density at radius 1 is 1.45 bits per heavy atom. The van der Waals surface area contributed by atoms with Crippen LogP contribution in [0.5, 0.6) is 0 Å². The highest BCUT2D eigenvalue weighted by Gasteiger charge is 2.23. The molecule has 1 aliphatic rings. The van der Waals surface area contributed by atoms with Gasteiger partial charge in [0.05, 0.1) is 4.92 Å². The molecule has 1 aliphatic heterocycles. The Labute approximate surface area is 116 Å². The quantitative estimate of drug-likeness (QED) is 0.512. The number of nitro groups is 1. The zero-order valence-electron chi connectivity index (χ0n) is 10.9. The maximum Gasteiger partial charge on any atom is 0.269 e. The van der Waals surface area contributed by atoms with Crippen LogP contribution in [-0.4, -0.2) is 40.5 Å². The summed E-state index contributed by atoms with van der Waals surface area (Å²) in [7, 11) is 0. The van der Waals surface area contributed by atoms with Gasteiger partial charge < -0.3 is 10.0 Å². The molecule has 0 saturated carbocycles. The molecule has 0 bridgehead atoms. The van der Waals surface area contributed by atoms with Crippen molar-refractivity contribution in [1.29, 1.82) is 0 Å². The first-order chi connectivity index (χ1) is 9.60. The smallest absolute Gasteiger partial charge is 0.269 e. The van der Waals surface area contributed by atoms with Gasteiger partial charge in [0, 0.05) is 43.8 Å². The lowest BCUT2D eigenvalue weighted by Gasteiger charge is -2.13. The van der Waals surface area contributed by atoms with Crippen molar-refractivity contribution in [3.8, 4) is 0 Å². The molecule has 1 aromatic carbocycles. The molecule has 0 radical (unpaired) electrons. The van der Waals surface area contributed by atoms with E-state index in [0.717, 1.165) is 12.0 Å². The molecule has 6 heteroatoms. The molecule has 1 amide bonds. The number of nitrogens with zero attached hydrogens (tertiary/aromatic N) is 2. The second-order valence-electron chi connectivity index (χ2n) is 4.80. The van der Waals surface area contributed by atoms with Gasteiger partial charge in [-0.25, -0.2) is 0 Å². The molecule has 0 aliphatic carbocycles. The molecule has 6 nitrogen and oxygen atoms in total. The number of rotatable bonds is 4. The summed E-state index contributed by atoms with van der Waals surface area (Å²) in [6.45, 7) is 1.35. The Balaban J connectivity index is 1.95. The summed E-state index contributed by atoms with van der Waals surface area (Å²) in [6, 6.07) is 6.01. The summed E-state index contributed by atoms with van der Waals surface area (Å²) < 4.78 is 0. The Bertz CT molecular complexity index is 524. The van der Waals surface area contributed by atoms with Gasteiger partial charge in [0.2, 0.25) is 5.91 Å². The number of likely N-dealkylation sites (tertiary alicyclic amines) is 1. The van der Waals surface area contributed by atoms with Crippen molar-refractivity contribution >= 4 is 17.7 Å². The highest BCUT2D eigenvalue weighted by Crippen LogP contribution is 2.16. The highest BCUT2D eigenvalue weighted by atomic mass is 16.6. The molecule has 2 rings (SSSR count). The first-order valence-electron chi connectivity index (χ1n) is 6.42. The first-order valence-corrected chi connectivity index (χ1v) is 6.42. The van der Waals surface area contributed by atoms with Gasteiger partial charge in [0.25, 0.3) is 5.69 Å². The van der Waals surface area contributed by atoms with Gasteiger partial charge in [-0.2, -0.15) is 0 Å². The minimum atomic E-state index is -0.460. The Morgan fingerprint density at radius 2 is 2.15 bits per heavy atom. The van der Waals surface area contributed by atoms with E-state index < -0.39 is 4.92 Å². The molecule has 106 valence electrons. The minimum Gasteiger partial charge on any atom is -0.396 e. The van der Waals surface area contributed by atoms with Crippen molar-refractivity contribution in [1.82, 2.24) is 4.90 Å². The van der Waals surface area contributed by atoms with Crippen LogP contribution in [0.25, 0.3) is 6.08 Å². The van der Waals surface area contributed by atoms with Gasteiger partial charge >= 0.3 is 0 Å². The molecule has 1 heterocycles. The lowest BCUT2D eigenvalue weighted by molar-refractivity contribution is -0.384. The average molecular weight is 276 g/mol. The van der Waals surface area contributed by atoms with Gasteiger partial charge in [-0.15, -0.1) is 0 Å². The standard InChI is InChI=1S/C14H16N2O4/c17-10-12-7-8-15(9-12)14(18)6-3-11-1-4-13(5-2-11)16(19)20/h1-6,12,17H,7-10H2/b6-3+. The third-order valence-corrected chi connectivity index (χ3v) is 3.38. The number of hydrogen-bond donors (Lipinski definition) is 1. The number of amides is 1. The van der Waals surface area contributed by atoms with Gasteiger partial charge in [0.1, 0.15) is 0 Å². The fraction of sp³-hybridized carbons (Fsp3) is 0.357. The van der Waals surface area contributed by atoms with Crippen LogP contribution >= 0.6 is 0 Å². The van der Waals surface area contributed by atoms with Crippen LogP contribution in [0.3, 0.4) is 0 Å². The number of benzene rings is 1. The fourth-order valence-electron chi connectivity index (χ4n) is 2.16. The van der Waals surface area contributed by atoms with E-state index in [0.29, 0.717) is 13.1 Å². The van der Waals surface area contributed by atoms with Crippen LogP contribution < -0.4 is 0 Å². The Kier molecular flexibility index (Phi) is 4.47. The highest BCUT2D eigenvalue weighted by molar-refractivity contribution is 5.92. The number of aliphatic hydroxyl groups excluding tert-OH is 1. The predicted octanol–water partition coefficient (Wildman–Crippen LogP) is 1.45. The van der Waals surface area contributed by atoms with Gasteiger partial charge in [0.15, 0.2) is 0 Å². The van der Waals surface area contributed by atoms with Crippen molar-refractivity contribution in [2.24, 2.45) is 5.92 Å². The fourth-order valence-corrected chi connectivity index (χ4v) is 2.16. The lowest BCUT2D eigenvalue weighted by atomic mass is 10.1. The molecule has 1 fully saturated rings. The van der Waals surface area contributed by atoms with Crippen LogP contribution in [0.15, 0.2) is 30.3 Å². The molecular formula is C14H16N2O4. The monoisotopic (exact) mass is 276 g/mol. The van der Waals surface area contributed by atoms with E-state index in [-0.39, 0.29) is 24.1 Å². The van der Waals surface area contributed by atoms with E-state index in [4.69, 9.17) is 5.11 Å². The first kappa shape index (κ1) is 14.2. The molecule has 1 saturated heterocycles. The molecule has 1 atom stereocenters. The van der Waals surface area contributed by atoms with Crippen molar-refractivity contribution in [3.05, 3.63) is 46.0 Å². The maximum atomic E-state index is 11.9. The predicted molar refractivity (Wildman–Crippen MR) is 73.9 cm³/mol. The van der Waals surface area contributed by atoms with Crippen LogP contribution in [0.2, 0.25) is 0 Å². The second-order valence-corrected chi connectivity index (χ2v) is 4.80. The molecule has 0 aromatic heterocycles. The largest absolute Gasteiger partial charge is 0.396 e. The number of aliphatic hydroxyl groups is 1. The normalized spacial score (nSPS) is 18.6. The number of carbonyl (C=O) groups excluding carboxylic acids is 1. The summed E-state index contributed by atoms with van der Waals surface area (Å²) in [6.07, 6.45) is 3.92. The molecule has 1 unspecified atom stereocenters. The van der Waals surface area contributed by atoms with Crippen LogP contribution in [0.1, 0.15) is 12.0 Å². The van der Waals surface area contributed by atoms with Gasteiger partial charge in [-0.3, -0.25) is 14.9 Å². The zero-order valence-corrected chi connectivity index (χ0v) is 10.9. The minimum absolute atomic E-state index is 0.0267. The van der Waals surface area contributed by atoms with Crippen molar-refractivity contribution in [2.45, 2.75) is 6.42 Å². The summed E-state index contributed by atoms with van der Waals surface area (Å²) in [5.41, 5.74) is 0.765. The molecule has 20 heavy (non-hydrogen) atoms. The summed E-state index contributed by atoms with van der Waals surface area (Å²) in [5, 5.41) is 19.6. The van der Waals surface area contributed by atoms with E-state index in [1.807, 2.05) is 0 Å². The van der Waals surface area contributed by atoms with E-state index in [2.05, 4.69) is 0 Å². The van der Waals surface area contributed by atoms with E-state index in [1.165, 1.54) is 18.2 Å². The third kappa shape index (κ3) is 3.42. The third-order valence-electron chi connectivity index (χ3n) is 3.38. The topological polar surface area (TPSA) is 83.7 Å². The molecule has 1 aromatic rings. The number of non-ortho nitro benzene ring substituents is 1. The van der Waals surface area contributed by atoms with E-state index in [1.54, 1.807) is 23.1 Å². The maximum absolute atomic E-state index is 11.9. The van der Waals surface area contributed by atoms with Crippen LogP contribution in [0, 0.1) is 16.0 Å². The number of carbonyl (C=O) groups is 1. The summed E-state index contributed by atoms with van der Waals surface area (Å²) in [4.78, 5) is 23.7. The van der Waals surface area contributed by atoms with Crippen molar-refractivity contribution < 1.29 is 14.8 Å². The van der Waals surface area contributed by atoms with Crippen LogP contribution in [-0.2, 0) is 4.79 Å². The summed E-state index contributed by atoms with van der Waals surface area (Å²) in [5.74, 6) is 0.0750. The SMILES string of the molecule is O=C(/C=C/c1ccc([N+](=O)[O-])cc1)N1CCC(CO)C1. The molecular weight excluding hydrogens is 260 g/mol. The Morgan fingerprint density at radius 3 is 2.70 bits per heavy atom. The lowest BCUT2D eigenvalue weighted by Crippen LogP contribution is -2.27. The molecule has 0 spiro atoms. The summed E-state index contributed by atoms with van der Waals surface area (Å²) >= 11 is 0. The number of hydrogen-bond acceptors (Lipinski definition) is 4. The van der Waals surface area contributed by atoms with Gasteiger partial charge in [-0.05, 0) is 30.2 Å². The van der Waals surface area contributed by atoms with E-state index >= 15 is 0 Å².